The predicted octanol–water partition coefficient (Wildman–Crippen LogP) is 4.24. The Balaban J connectivity index is 1.61. The monoisotopic (exact) mass is 623 g/mol. The Hall–Kier alpha value is -3.58. The molecule has 2 heterocycles. The van der Waals surface area contributed by atoms with Crippen LogP contribution in [-0.2, 0) is 14.8 Å². The zero-order valence-corrected chi connectivity index (χ0v) is 26.8. The van der Waals surface area contributed by atoms with Gasteiger partial charge < -0.3 is 19.5 Å². The molecule has 4 bridgehead atoms. The molecular formula is C32H41N5O6S. The number of fused-ring (bicyclic) bond motifs is 4. The number of aromatic nitrogens is 2. The molecule has 3 N–H and O–H groups in total. The van der Waals surface area contributed by atoms with E-state index in [0.717, 1.165) is 16.7 Å². The molecule has 44 heavy (non-hydrogen) atoms. The van der Waals surface area contributed by atoms with Crippen molar-refractivity contribution in [2.45, 2.75) is 83.3 Å². The molecule has 0 saturated heterocycles. The third kappa shape index (κ3) is 7.04. The summed E-state index contributed by atoms with van der Waals surface area (Å²) in [4.78, 5) is 25.1. The minimum atomic E-state index is -4.15. The van der Waals surface area contributed by atoms with Crippen molar-refractivity contribution in [3.8, 4) is 17.1 Å². The van der Waals surface area contributed by atoms with E-state index in [1.165, 1.54) is 19.2 Å². The van der Waals surface area contributed by atoms with Crippen LogP contribution in [0.4, 0.5) is 5.95 Å². The smallest absolute Gasteiger partial charge is 0.264 e. The van der Waals surface area contributed by atoms with Crippen molar-refractivity contribution in [3.05, 3.63) is 65.2 Å². The number of amides is 1. The van der Waals surface area contributed by atoms with Gasteiger partial charge >= 0.3 is 0 Å². The summed E-state index contributed by atoms with van der Waals surface area (Å²) >= 11 is 0. The maximum atomic E-state index is 14.3. The third-order valence-corrected chi connectivity index (χ3v) is 9.39. The zero-order chi connectivity index (χ0) is 31.8. The standard InChI is InChI=1S/C32H41N5O6S/c1-19-9-7-10-20(2)28(19)26-16-27-35-30(34-26)36-44(40,41)25-12-8-11-21(13-25)29(38)37(24(18-43-27)17-32(3,4)5)23-14-22(15-23)33-31(39)42-6/h7-13,16,22-24,31,33,39H,14-15,17-18H2,1-6H3,(H,34,35,36)/t22-,23+,24-,31?/m1/s1. The molecule has 2 aliphatic rings. The van der Waals surface area contributed by atoms with E-state index in [1.807, 2.05) is 36.9 Å². The van der Waals surface area contributed by atoms with Gasteiger partial charge in [-0.25, -0.2) is 18.1 Å². The SMILES string of the molecule is COC(O)N[C@H]1C[C@@H](N2C(=O)c3cccc(c3)S(=O)(=O)Nc3nc(cc(-c4c(C)cccc4C)n3)OC[C@H]2CC(C)(C)C)C1. The molecule has 1 saturated carbocycles. The molecule has 2 atom stereocenters. The summed E-state index contributed by atoms with van der Waals surface area (Å²) in [5.41, 5.74) is 3.42. The van der Waals surface area contributed by atoms with Gasteiger partial charge in [-0.05, 0) is 67.9 Å². The number of carbonyl (C=O) groups excluding carboxylic acids is 1. The van der Waals surface area contributed by atoms with Crippen LogP contribution in [0.3, 0.4) is 0 Å². The first-order valence-electron chi connectivity index (χ1n) is 14.7. The minimum absolute atomic E-state index is 0.0521. The fraction of sp³-hybridized carbons (Fsp3) is 0.469. The lowest BCUT2D eigenvalue weighted by Crippen LogP contribution is -2.60. The van der Waals surface area contributed by atoms with Crippen LogP contribution in [0.25, 0.3) is 11.3 Å². The van der Waals surface area contributed by atoms with Gasteiger partial charge in [-0.15, -0.1) is 0 Å². The van der Waals surface area contributed by atoms with Crippen molar-refractivity contribution in [1.82, 2.24) is 20.2 Å². The molecule has 1 fully saturated rings. The largest absolute Gasteiger partial charge is 0.475 e. The number of hydrogen-bond donors (Lipinski definition) is 3. The van der Waals surface area contributed by atoms with E-state index in [-0.39, 0.29) is 58.3 Å². The van der Waals surface area contributed by atoms with Gasteiger partial charge in [-0.2, -0.15) is 4.98 Å². The van der Waals surface area contributed by atoms with Crippen LogP contribution in [0.15, 0.2) is 53.4 Å². The molecule has 12 heteroatoms. The van der Waals surface area contributed by atoms with Crippen LogP contribution in [-0.4, -0.2) is 72.6 Å². The van der Waals surface area contributed by atoms with Gasteiger partial charge in [0.25, 0.3) is 15.9 Å². The molecule has 11 nitrogen and oxygen atoms in total. The van der Waals surface area contributed by atoms with Crippen LogP contribution in [0.5, 0.6) is 5.88 Å². The second-order valence-corrected chi connectivity index (χ2v) is 14.5. The van der Waals surface area contributed by atoms with Crippen molar-refractivity contribution in [3.63, 3.8) is 0 Å². The highest BCUT2D eigenvalue weighted by atomic mass is 32.2. The number of anilines is 1. The van der Waals surface area contributed by atoms with Gasteiger partial charge in [-0.1, -0.05) is 45.0 Å². The Bertz CT molecular complexity index is 1610. The molecule has 0 spiro atoms. The average molecular weight is 624 g/mol. The number of hydrogen-bond acceptors (Lipinski definition) is 9. The highest BCUT2D eigenvalue weighted by Crippen LogP contribution is 2.35. The van der Waals surface area contributed by atoms with Gasteiger partial charge in [0.1, 0.15) is 6.61 Å². The molecule has 1 aliphatic heterocycles. The quantitative estimate of drug-likeness (QED) is 0.344. The van der Waals surface area contributed by atoms with Crippen molar-refractivity contribution < 1.29 is 27.8 Å². The molecule has 3 aromatic rings. The maximum Gasteiger partial charge on any atom is 0.264 e. The van der Waals surface area contributed by atoms with E-state index in [9.17, 15) is 18.3 Å². The summed E-state index contributed by atoms with van der Waals surface area (Å²) in [7, 11) is -2.74. The highest BCUT2D eigenvalue weighted by Gasteiger charge is 2.42. The first-order chi connectivity index (χ1) is 20.7. The van der Waals surface area contributed by atoms with Crippen LogP contribution in [0, 0.1) is 19.3 Å². The Morgan fingerprint density at radius 3 is 2.45 bits per heavy atom. The summed E-state index contributed by atoms with van der Waals surface area (Å²) in [5.74, 6) is -0.210. The topological polar surface area (TPSA) is 143 Å². The fourth-order valence-electron chi connectivity index (χ4n) is 5.99. The Morgan fingerprint density at radius 2 is 1.80 bits per heavy atom. The van der Waals surface area contributed by atoms with Crippen LogP contribution >= 0.6 is 0 Å². The number of sulfonamides is 1. The van der Waals surface area contributed by atoms with Crippen LogP contribution < -0.4 is 14.8 Å². The zero-order valence-electron chi connectivity index (χ0n) is 26.0. The molecule has 0 radical (unpaired) electrons. The van der Waals surface area contributed by atoms with Crippen molar-refractivity contribution in [1.29, 1.82) is 0 Å². The summed E-state index contributed by atoms with van der Waals surface area (Å²) < 4.78 is 40.9. The number of nitrogens with zero attached hydrogens (tertiary/aromatic N) is 3. The molecule has 5 rings (SSSR count). The van der Waals surface area contributed by atoms with Crippen molar-refractivity contribution >= 4 is 21.9 Å². The summed E-state index contributed by atoms with van der Waals surface area (Å²) in [6.07, 6.45) is 0.681. The number of ether oxygens (including phenoxy) is 2. The number of nitrogens with one attached hydrogen (secondary N) is 2. The van der Waals surface area contributed by atoms with Crippen molar-refractivity contribution in [2.75, 3.05) is 18.4 Å². The number of rotatable bonds is 6. The van der Waals surface area contributed by atoms with Crippen molar-refractivity contribution in [2.24, 2.45) is 5.41 Å². The lowest BCUT2D eigenvalue weighted by Gasteiger charge is -2.48. The van der Waals surface area contributed by atoms with Gasteiger partial charge in [0, 0.05) is 36.4 Å². The normalized spacial score (nSPS) is 22.4. The summed E-state index contributed by atoms with van der Waals surface area (Å²) in [6, 6.07) is 13.0. The number of carbonyl (C=O) groups is 1. The Morgan fingerprint density at radius 1 is 1.11 bits per heavy atom. The van der Waals surface area contributed by atoms with Gasteiger partial charge in [0.05, 0.1) is 16.6 Å². The van der Waals surface area contributed by atoms with Gasteiger partial charge in [-0.3, -0.25) is 10.1 Å². The number of aliphatic hydroxyl groups excluding tert-OH is 1. The molecule has 1 aromatic heterocycles. The minimum Gasteiger partial charge on any atom is -0.475 e. The first kappa shape index (κ1) is 31.8. The van der Waals surface area contributed by atoms with Crippen LogP contribution in [0.2, 0.25) is 0 Å². The molecule has 236 valence electrons. The number of methoxy groups -OCH3 is 1. The number of aryl methyl sites for hydroxylation is 2. The van der Waals surface area contributed by atoms with E-state index in [2.05, 4.69) is 40.8 Å². The van der Waals surface area contributed by atoms with Gasteiger partial charge in [0.2, 0.25) is 18.2 Å². The average Bonchev–Trinajstić information content (AvgIpc) is 2.93. The number of benzene rings is 2. The highest BCUT2D eigenvalue weighted by molar-refractivity contribution is 7.92. The fourth-order valence-corrected chi connectivity index (χ4v) is 6.98. The maximum absolute atomic E-state index is 14.3. The van der Waals surface area contributed by atoms with Crippen LogP contribution in [0.1, 0.15) is 61.5 Å². The summed E-state index contributed by atoms with van der Waals surface area (Å²) in [5, 5.41) is 12.9. The number of aliphatic hydroxyl groups is 1. The van der Waals surface area contributed by atoms with E-state index >= 15 is 0 Å². The molecular weight excluding hydrogens is 582 g/mol. The predicted molar refractivity (Wildman–Crippen MR) is 167 cm³/mol. The lowest BCUT2D eigenvalue weighted by atomic mass is 9.81. The lowest BCUT2D eigenvalue weighted by molar-refractivity contribution is -0.113. The molecule has 1 amide bonds. The Kier molecular flexibility index (Phi) is 8.99. The first-order valence-corrected chi connectivity index (χ1v) is 16.2. The molecule has 2 aromatic carbocycles. The van der Waals surface area contributed by atoms with E-state index in [0.29, 0.717) is 25.0 Å². The van der Waals surface area contributed by atoms with E-state index in [4.69, 9.17) is 9.47 Å². The molecule has 1 aliphatic carbocycles. The third-order valence-electron chi connectivity index (χ3n) is 8.06. The second-order valence-electron chi connectivity index (χ2n) is 12.8. The Labute approximate surface area is 259 Å². The van der Waals surface area contributed by atoms with Gasteiger partial charge in [0.15, 0.2) is 0 Å². The van der Waals surface area contributed by atoms with E-state index < -0.39 is 16.4 Å². The summed E-state index contributed by atoms with van der Waals surface area (Å²) in [6.45, 7) is 10.4. The van der Waals surface area contributed by atoms with E-state index in [1.54, 1.807) is 18.2 Å². The molecule has 1 unspecified atom stereocenters. The second kappa shape index (κ2) is 12.4.